The summed E-state index contributed by atoms with van der Waals surface area (Å²) >= 11 is 0. The van der Waals surface area contributed by atoms with Crippen molar-refractivity contribution < 1.29 is 9.53 Å². The molecular formula is C24H29N3O2. The summed E-state index contributed by atoms with van der Waals surface area (Å²) in [5.74, 6) is 1.49. The zero-order valence-corrected chi connectivity index (χ0v) is 17.4. The van der Waals surface area contributed by atoms with Gasteiger partial charge in [-0.2, -0.15) is 0 Å². The topological polar surface area (TPSA) is 56.1 Å². The third-order valence-corrected chi connectivity index (χ3v) is 5.06. The maximum atomic E-state index is 12.8. The van der Waals surface area contributed by atoms with Crippen LogP contribution in [0.2, 0.25) is 0 Å². The molecule has 0 radical (unpaired) electrons. The lowest BCUT2D eigenvalue weighted by Gasteiger charge is -2.20. The van der Waals surface area contributed by atoms with Gasteiger partial charge < -0.3 is 14.6 Å². The van der Waals surface area contributed by atoms with Crippen LogP contribution in [-0.4, -0.2) is 22.6 Å². The average Bonchev–Trinajstić information content (AvgIpc) is 3.17. The molecule has 1 unspecified atom stereocenters. The minimum absolute atomic E-state index is 0.0397. The van der Waals surface area contributed by atoms with Crippen molar-refractivity contribution >= 4 is 5.91 Å². The molecule has 1 amide bonds. The van der Waals surface area contributed by atoms with Crippen LogP contribution < -0.4 is 10.1 Å². The number of carbonyl (C=O) groups is 1. The van der Waals surface area contributed by atoms with Crippen molar-refractivity contribution in [1.82, 2.24) is 14.9 Å². The van der Waals surface area contributed by atoms with Gasteiger partial charge in [0.2, 0.25) is 5.91 Å². The fourth-order valence-electron chi connectivity index (χ4n) is 3.38. The van der Waals surface area contributed by atoms with Crippen LogP contribution >= 0.6 is 0 Å². The summed E-state index contributed by atoms with van der Waals surface area (Å²) in [6, 6.07) is 15.7. The number of nitrogens with zero attached hydrogens (tertiary/aromatic N) is 2. The van der Waals surface area contributed by atoms with E-state index in [4.69, 9.17) is 4.74 Å². The Morgan fingerprint density at radius 2 is 1.93 bits per heavy atom. The Labute approximate surface area is 172 Å². The molecule has 0 saturated carbocycles. The molecule has 0 bridgehead atoms. The van der Waals surface area contributed by atoms with Gasteiger partial charge in [0.1, 0.15) is 17.6 Å². The number of rotatable bonds is 9. The van der Waals surface area contributed by atoms with Crippen LogP contribution in [0, 0.1) is 0 Å². The maximum Gasteiger partial charge on any atom is 0.225 e. The Hall–Kier alpha value is -3.08. The molecule has 1 heterocycles. The lowest BCUT2D eigenvalue weighted by Crippen LogP contribution is -2.32. The average molecular weight is 392 g/mol. The lowest BCUT2D eigenvalue weighted by molar-refractivity contribution is -0.121. The normalized spacial score (nSPS) is 11.8. The Morgan fingerprint density at radius 1 is 1.17 bits per heavy atom. The molecular weight excluding hydrogens is 362 g/mol. The first-order valence-electron chi connectivity index (χ1n) is 10.1. The van der Waals surface area contributed by atoms with E-state index < -0.39 is 0 Å². The van der Waals surface area contributed by atoms with Crippen LogP contribution in [0.4, 0.5) is 0 Å². The van der Waals surface area contributed by atoms with Gasteiger partial charge in [0.15, 0.2) is 0 Å². The van der Waals surface area contributed by atoms with Crippen LogP contribution in [0.1, 0.15) is 48.3 Å². The van der Waals surface area contributed by atoms with Crippen molar-refractivity contribution in [3.63, 3.8) is 0 Å². The van der Waals surface area contributed by atoms with Gasteiger partial charge >= 0.3 is 0 Å². The number of nitrogens with one attached hydrogen (secondary N) is 1. The Balaban J connectivity index is 1.75. The van der Waals surface area contributed by atoms with E-state index in [0.717, 1.165) is 29.1 Å². The molecule has 5 nitrogen and oxygen atoms in total. The molecule has 0 saturated heterocycles. The molecule has 5 heteroatoms. The van der Waals surface area contributed by atoms with Crippen molar-refractivity contribution in [2.24, 2.45) is 7.05 Å². The smallest absolute Gasteiger partial charge is 0.225 e. The molecule has 1 atom stereocenters. The standard InChI is InChI=1S/C24H29N3O2/c1-4-5-7-18-10-12-19(13-11-18)16-22(28)26-23(24-25-14-15-27(24)2)20-8-6-9-21(17-20)29-3/h6,8-15,17,23H,4-5,7,16H2,1-3H3,(H,26,28). The zero-order chi connectivity index (χ0) is 20.6. The highest BCUT2D eigenvalue weighted by Gasteiger charge is 2.21. The van der Waals surface area contributed by atoms with Gasteiger partial charge in [-0.25, -0.2) is 4.98 Å². The number of ether oxygens (including phenoxy) is 1. The molecule has 2 aromatic carbocycles. The highest BCUT2D eigenvalue weighted by atomic mass is 16.5. The third-order valence-electron chi connectivity index (χ3n) is 5.06. The highest BCUT2D eigenvalue weighted by molar-refractivity contribution is 5.79. The van der Waals surface area contributed by atoms with E-state index >= 15 is 0 Å². The van der Waals surface area contributed by atoms with Crippen molar-refractivity contribution in [2.75, 3.05) is 7.11 Å². The molecule has 3 rings (SSSR count). The van der Waals surface area contributed by atoms with Crippen molar-refractivity contribution in [3.05, 3.63) is 83.4 Å². The maximum absolute atomic E-state index is 12.8. The Kier molecular flexibility index (Phi) is 7.06. The monoisotopic (exact) mass is 391 g/mol. The molecule has 0 fully saturated rings. The highest BCUT2D eigenvalue weighted by Crippen LogP contribution is 2.24. The Bertz CT molecular complexity index is 931. The third kappa shape index (κ3) is 5.47. The number of amides is 1. The van der Waals surface area contributed by atoms with Gasteiger partial charge in [-0.1, -0.05) is 49.7 Å². The predicted molar refractivity (Wildman–Crippen MR) is 115 cm³/mol. The van der Waals surface area contributed by atoms with Gasteiger partial charge in [0.25, 0.3) is 0 Å². The van der Waals surface area contributed by atoms with Gasteiger partial charge in [0.05, 0.1) is 13.5 Å². The summed E-state index contributed by atoms with van der Waals surface area (Å²) in [6.07, 6.45) is 7.40. The first-order valence-corrected chi connectivity index (χ1v) is 10.1. The number of imidazole rings is 1. The number of carbonyl (C=O) groups excluding carboxylic acids is 1. The Morgan fingerprint density at radius 3 is 2.59 bits per heavy atom. The first-order chi connectivity index (χ1) is 14.1. The van der Waals surface area contributed by atoms with Gasteiger partial charge in [0, 0.05) is 19.4 Å². The van der Waals surface area contributed by atoms with Gasteiger partial charge in [-0.15, -0.1) is 0 Å². The number of methoxy groups -OCH3 is 1. The van der Waals surface area contributed by atoms with Crippen LogP contribution in [0.15, 0.2) is 60.9 Å². The fraction of sp³-hybridized carbons (Fsp3) is 0.333. The summed E-state index contributed by atoms with van der Waals surface area (Å²) in [4.78, 5) is 17.3. The second-order valence-electron chi connectivity index (χ2n) is 7.27. The van der Waals surface area contributed by atoms with Crippen LogP contribution in [-0.2, 0) is 24.7 Å². The van der Waals surface area contributed by atoms with Crippen molar-refractivity contribution in [3.8, 4) is 5.75 Å². The van der Waals surface area contributed by atoms with E-state index in [1.165, 1.54) is 18.4 Å². The van der Waals surface area contributed by atoms with E-state index in [1.807, 2.05) is 54.2 Å². The molecule has 0 spiro atoms. The number of aryl methyl sites for hydroxylation is 2. The molecule has 1 N–H and O–H groups in total. The minimum Gasteiger partial charge on any atom is -0.497 e. The largest absolute Gasteiger partial charge is 0.497 e. The van der Waals surface area contributed by atoms with Crippen molar-refractivity contribution in [2.45, 2.75) is 38.6 Å². The number of hydrogen-bond acceptors (Lipinski definition) is 3. The summed E-state index contributed by atoms with van der Waals surface area (Å²) in [5, 5.41) is 3.15. The van der Waals surface area contributed by atoms with E-state index in [9.17, 15) is 4.79 Å². The van der Waals surface area contributed by atoms with Crippen molar-refractivity contribution in [1.29, 1.82) is 0 Å². The van der Waals surface area contributed by atoms with Crippen LogP contribution in [0.5, 0.6) is 5.75 Å². The lowest BCUT2D eigenvalue weighted by atomic mass is 10.0. The fourth-order valence-corrected chi connectivity index (χ4v) is 3.38. The molecule has 1 aromatic heterocycles. The van der Waals surface area contributed by atoms with E-state index in [1.54, 1.807) is 13.3 Å². The second-order valence-corrected chi connectivity index (χ2v) is 7.27. The van der Waals surface area contributed by atoms with E-state index in [2.05, 4.69) is 29.4 Å². The number of hydrogen-bond donors (Lipinski definition) is 1. The molecule has 152 valence electrons. The van der Waals surface area contributed by atoms with Gasteiger partial charge in [-0.05, 0) is 41.7 Å². The molecule has 0 aliphatic rings. The number of benzene rings is 2. The number of unbranched alkanes of at least 4 members (excludes halogenated alkanes) is 1. The summed E-state index contributed by atoms with van der Waals surface area (Å²) < 4.78 is 7.28. The van der Waals surface area contributed by atoms with E-state index in [0.29, 0.717) is 6.42 Å². The van der Waals surface area contributed by atoms with Gasteiger partial charge in [-0.3, -0.25) is 4.79 Å². The van der Waals surface area contributed by atoms with Crippen LogP contribution in [0.3, 0.4) is 0 Å². The predicted octanol–water partition coefficient (Wildman–Crippen LogP) is 4.22. The molecule has 3 aromatic rings. The number of aromatic nitrogens is 2. The van der Waals surface area contributed by atoms with Crippen LogP contribution in [0.25, 0.3) is 0 Å². The summed E-state index contributed by atoms with van der Waals surface area (Å²) in [7, 11) is 3.56. The minimum atomic E-state index is -0.346. The van der Waals surface area contributed by atoms with E-state index in [-0.39, 0.29) is 11.9 Å². The summed E-state index contributed by atoms with van der Waals surface area (Å²) in [6.45, 7) is 2.19. The molecule has 29 heavy (non-hydrogen) atoms. The molecule has 0 aliphatic carbocycles. The first kappa shape index (κ1) is 20.6. The zero-order valence-electron chi connectivity index (χ0n) is 17.4. The molecule has 0 aliphatic heterocycles. The quantitative estimate of drug-likeness (QED) is 0.594. The SMILES string of the molecule is CCCCc1ccc(CC(=O)NC(c2cccc(OC)c2)c2nccn2C)cc1. The summed E-state index contributed by atoms with van der Waals surface area (Å²) in [5.41, 5.74) is 3.26. The second kappa shape index (κ2) is 9.92.